The molecular weight excluding hydrogens is 586 g/mol. The molecule has 7 nitrogen and oxygen atoms in total. The molecule has 0 unspecified atom stereocenters. The molecule has 0 saturated heterocycles. The number of benzene rings is 3. The highest BCUT2D eigenvalue weighted by atomic mass is 35.5. The molecule has 0 fully saturated rings. The average Bonchev–Trinajstić information content (AvgIpc) is 3.32. The Balaban J connectivity index is 1.57. The van der Waals surface area contributed by atoms with Gasteiger partial charge < -0.3 is 14.2 Å². The Hall–Kier alpha value is -3.24. The summed E-state index contributed by atoms with van der Waals surface area (Å²) in [6.07, 6.45) is 1.87. The molecule has 0 N–H and O–H groups in total. The Bertz CT molecular complexity index is 1640. The van der Waals surface area contributed by atoms with Crippen molar-refractivity contribution in [3.05, 3.63) is 96.8 Å². The van der Waals surface area contributed by atoms with Gasteiger partial charge in [0.2, 0.25) is 5.16 Å². The highest BCUT2D eigenvalue weighted by molar-refractivity contribution is 8.04. The van der Waals surface area contributed by atoms with Crippen molar-refractivity contribution >= 4 is 58.4 Å². The van der Waals surface area contributed by atoms with E-state index in [4.69, 9.17) is 54.1 Å². The lowest BCUT2D eigenvalue weighted by Gasteiger charge is -2.19. The first-order valence-electron chi connectivity index (χ1n) is 11.5. The molecule has 3 aromatic carbocycles. The second-order valence-electron chi connectivity index (χ2n) is 8.33. The molecule has 200 valence electrons. The Morgan fingerprint density at radius 1 is 0.923 bits per heavy atom. The van der Waals surface area contributed by atoms with Crippen molar-refractivity contribution in [1.29, 1.82) is 0 Å². The van der Waals surface area contributed by atoms with E-state index in [1.165, 1.54) is 23.9 Å². The van der Waals surface area contributed by atoms with Crippen LogP contribution in [0.15, 0.2) is 63.7 Å². The molecule has 0 bridgehead atoms. The highest BCUT2D eigenvalue weighted by Gasteiger charge is 2.27. The predicted molar refractivity (Wildman–Crippen MR) is 152 cm³/mol. The molecular formula is C27H20Cl3FN4O3S. The molecule has 1 aliphatic heterocycles. The van der Waals surface area contributed by atoms with Gasteiger partial charge in [-0.1, -0.05) is 40.9 Å². The minimum Gasteiger partial charge on any atom is -0.493 e. The van der Waals surface area contributed by atoms with Gasteiger partial charge in [-0.25, -0.2) is 4.39 Å². The zero-order valence-corrected chi connectivity index (χ0v) is 23.9. The van der Waals surface area contributed by atoms with Gasteiger partial charge in [-0.2, -0.15) is 9.78 Å². The van der Waals surface area contributed by atoms with Crippen LogP contribution in [0, 0.1) is 12.7 Å². The van der Waals surface area contributed by atoms with Crippen LogP contribution < -0.4 is 14.2 Å². The molecule has 0 radical (unpaired) electrons. The van der Waals surface area contributed by atoms with Crippen LogP contribution in [-0.2, 0) is 6.61 Å². The summed E-state index contributed by atoms with van der Waals surface area (Å²) < 4.78 is 32.8. The maximum Gasteiger partial charge on any atom is 0.217 e. The predicted octanol–water partition coefficient (Wildman–Crippen LogP) is 7.68. The van der Waals surface area contributed by atoms with E-state index in [1.54, 1.807) is 37.1 Å². The molecule has 39 heavy (non-hydrogen) atoms. The van der Waals surface area contributed by atoms with E-state index in [-0.39, 0.29) is 16.7 Å². The van der Waals surface area contributed by atoms with Gasteiger partial charge in [0.05, 0.1) is 24.3 Å². The van der Waals surface area contributed by atoms with Gasteiger partial charge in [-0.15, -0.1) is 10.2 Å². The third-order valence-corrected chi connectivity index (χ3v) is 7.77. The Kier molecular flexibility index (Phi) is 8.04. The Labute approximate surface area is 243 Å². The molecule has 1 aliphatic rings. The zero-order valence-electron chi connectivity index (χ0n) is 20.8. The Morgan fingerprint density at radius 2 is 1.72 bits per heavy atom. The minimum atomic E-state index is -0.620. The lowest BCUT2D eigenvalue weighted by molar-refractivity contribution is 0.289. The number of ether oxygens (including phenoxy) is 3. The number of rotatable bonds is 7. The summed E-state index contributed by atoms with van der Waals surface area (Å²) in [7, 11) is 3.13. The smallest absolute Gasteiger partial charge is 0.217 e. The number of allylic oxidation sites excluding steroid dienone is 1. The fraction of sp³-hybridized carbons (Fsp3) is 0.148. The number of aromatic nitrogens is 3. The fourth-order valence-electron chi connectivity index (χ4n) is 3.78. The highest BCUT2D eigenvalue weighted by Crippen LogP contribution is 2.38. The average molecular weight is 606 g/mol. The van der Waals surface area contributed by atoms with Crippen LogP contribution in [0.3, 0.4) is 0 Å². The normalized spacial score (nSPS) is 13.7. The van der Waals surface area contributed by atoms with E-state index in [1.807, 2.05) is 31.2 Å². The summed E-state index contributed by atoms with van der Waals surface area (Å²) in [5.41, 5.74) is 2.45. The Morgan fingerprint density at radius 3 is 2.46 bits per heavy atom. The molecule has 2 heterocycles. The van der Waals surface area contributed by atoms with Gasteiger partial charge in [-0.3, -0.25) is 0 Å². The maximum absolute atomic E-state index is 14.6. The van der Waals surface area contributed by atoms with Gasteiger partial charge >= 0.3 is 0 Å². The van der Waals surface area contributed by atoms with Crippen LogP contribution in [0.2, 0.25) is 15.1 Å². The fourth-order valence-corrected chi connectivity index (χ4v) is 5.33. The quantitative estimate of drug-likeness (QED) is 0.201. The van der Waals surface area contributed by atoms with Crippen molar-refractivity contribution in [3.8, 4) is 17.2 Å². The van der Waals surface area contributed by atoms with E-state index >= 15 is 0 Å². The third kappa shape index (κ3) is 5.72. The summed E-state index contributed by atoms with van der Waals surface area (Å²) in [5, 5.41) is 14.6. The van der Waals surface area contributed by atoms with E-state index in [0.29, 0.717) is 49.4 Å². The molecule has 4 aromatic rings. The molecule has 0 aliphatic carbocycles. The number of hydrogen-bond acceptors (Lipinski definition) is 7. The number of thioether (sulfide) groups is 1. The molecule has 0 amide bonds. The summed E-state index contributed by atoms with van der Waals surface area (Å²) in [5.74, 6) is 1.59. The van der Waals surface area contributed by atoms with Gasteiger partial charge in [-0.05, 0) is 78.4 Å². The van der Waals surface area contributed by atoms with Crippen molar-refractivity contribution in [2.75, 3.05) is 14.2 Å². The summed E-state index contributed by atoms with van der Waals surface area (Å²) >= 11 is 19.9. The zero-order chi connectivity index (χ0) is 27.7. The lowest BCUT2D eigenvalue weighted by atomic mass is 10.1. The van der Waals surface area contributed by atoms with Crippen molar-refractivity contribution in [2.24, 2.45) is 5.10 Å². The van der Waals surface area contributed by atoms with Gasteiger partial charge in [0, 0.05) is 15.5 Å². The number of hydrogen-bond donors (Lipinski definition) is 0. The van der Waals surface area contributed by atoms with Crippen LogP contribution >= 0.6 is 46.6 Å². The summed E-state index contributed by atoms with van der Waals surface area (Å²) in [4.78, 5) is 0.659. The largest absolute Gasteiger partial charge is 0.493 e. The van der Waals surface area contributed by atoms with Crippen molar-refractivity contribution in [3.63, 3.8) is 0 Å². The molecule has 0 atom stereocenters. The third-order valence-electron chi connectivity index (χ3n) is 5.78. The summed E-state index contributed by atoms with van der Waals surface area (Å²) in [6, 6.07) is 13.5. The van der Waals surface area contributed by atoms with Crippen LogP contribution in [0.1, 0.15) is 22.5 Å². The van der Waals surface area contributed by atoms with Crippen molar-refractivity contribution in [1.82, 2.24) is 14.9 Å². The van der Waals surface area contributed by atoms with Gasteiger partial charge in [0.1, 0.15) is 23.9 Å². The molecule has 0 spiro atoms. The number of nitrogens with zero attached hydrogens (tertiary/aromatic N) is 4. The van der Waals surface area contributed by atoms with E-state index in [9.17, 15) is 4.39 Å². The van der Waals surface area contributed by atoms with E-state index in [2.05, 4.69) is 10.2 Å². The monoisotopic (exact) mass is 604 g/mol. The number of aryl methyl sites for hydroxylation is 1. The van der Waals surface area contributed by atoms with E-state index in [0.717, 1.165) is 11.1 Å². The first-order chi connectivity index (χ1) is 18.8. The van der Waals surface area contributed by atoms with Crippen LogP contribution in [-0.4, -0.2) is 34.8 Å². The topological polar surface area (TPSA) is 70.8 Å². The first-order valence-corrected chi connectivity index (χ1v) is 13.4. The molecule has 0 saturated carbocycles. The number of halogens is 4. The van der Waals surface area contributed by atoms with Crippen LogP contribution in [0.5, 0.6) is 17.2 Å². The van der Waals surface area contributed by atoms with Crippen LogP contribution in [0.4, 0.5) is 4.39 Å². The maximum atomic E-state index is 14.6. The van der Waals surface area contributed by atoms with Gasteiger partial charge in [0.25, 0.3) is 0 Å². The molecule has 12 heteroatoms. The first kappa shape index (κ1) is 27.3. The second-order valence-corrected chi connectivity index (χ2v) is 10.6. The molecule has 5 rings (SSSR count). The number of methoxy groups -OCH3 is 2. The van der Waals surface area contributed by atoms with Gasteiger partial charge in [0.15, 0.2) is 17.3 Å². The number of fused-ring (bicyclic) bond motifs is 1. The molecule has 1 aromatic heterocycles. The summed E-state index contributed by atoms with van der Waals surface area (Å²) in [6.45, 7) is 1.98. The van der Waals surface area contributed by atoms with Crippen molar-refractivity contribution in [2.45, 2.75) is 18.7 Å². The lowest BCUT2D eigenvalue weighted by Crippen LogP contribution is -2.15. The van der Waals surface area contributed by atoms with E-state index < -0.39 is 5.82 Å². The minimum absolute atomic E-state index is 0.0862. The second kappa shape index (κ2) is 11.5. The SMILES string of the molecule is COc1ccc(/C=C2\Sc3nnc(COc4ccc(Cl)c(C)c4)n3N=C2c2cc(F)c(Cl)cc2Cl)cc1OC. The van der Waals surface area contributed by atoms with Crippen LogP contribution in [0.25, 0.3) is 6.08 Å². The standard InChI is InChI=1S/C27H20Cl3FN4O3S/c1-14-8-16(5-6-18(14)28)38-13-25-32-33-27-35(25)34-26(17-11-21(31)20(30)12-19(17)29)24(39-27)10-15-4-7-22(36-2)23(9-15)37-3/h4-12H,13H2,1-3H3/b24-10-. The van der Waals surface area contributed by atoms with Crippen molar-refractivity contribution < 1.29 is 18.6 Å².